The number of anilines is 1. The van der Waals surface area contributed by atoms with Crippen LogP contribution in [0.4, 0.5) is 11.4 Å². The second kappa shape index (κ2) is 6.25. The van der Waals surface area contributed by atoms with Gasteiger partial charge in [-0.05, 0) is 17.7 Å². The van der Waals surface area contributed by atoms with E-state index in [9.17, 15) is 10.1 Å². The van der Waals surface area contributed by atoms with Gasteiger partial charge in [0.1, 0.15) is 5.75 Å². The van der Waals surface area contributed by atoms with Crippen molar-refractivity contribution in [2.24, 2.45) is 0 Å². The Kier molecular flexibility index (Phi) is 4.42. The molecule has 2 aromatic carbocycles. The Balaban J connectivity index is 2.16. The molecule has 6 heteroatoms. The second-order valence-corrected chi connectivity index (χ2v) is 4.60. The summed E-state index contributed by atoms with van der Waals surface area (Å²) in [5.74, 6) is 0.438. The predicted octanol–water partition coefficient (Wildman–Crippen LogP) is 3.87. The van der Waals surface area contributed by atoms with E-state index in [0.29, 0.717) is 23.0 Å². The molecule has 0 bridgehead atoms. The van der Waals surface area contributed by atoms with Gasteiger partial charge in [-0.1, -0.05) is 23.7 Å². The highest BCUT2D eigenvalue weighted by atomic mass is 35.5. The number of rotatable bonds is 5. The molecular weight excluding hydrogens is 280 g/mol. The number of halogens is 1. The number of methoxy groups -OCH3 is 1. The number of non-ortho nitro benzene ring substituents is 1. The van der Waals surface area contributed by atoms with Crippen molar-refractivity contribution in [1.82, 2.24) is 0 Å². The number of nitro benzene ring substituents is 1. The molecule has 0 spiro atoms. The molecule has 0 saturated heterocycles. The highest BCUT2D eigenvalue weighted by Gasteiger charge is 2.10. The fourth-order valence-electron chi connectivity index (χ4n) is 1.76. The first-order chi connectivity index (χ1) is 9.58. The maximum Gasteiger partial charge on any atom is 0.275 e. The van der Waals surface area contributed by atoms with Gasteiger partial charge in [0.15, 0.2) is 0 Å². The molecule has 2 aromatic rings. The molecule has 5 nitrogen and oxygen atoms in total. The highest BCUT2D eigenvalue weighted by Crippen LogP contribution is 2.26. The lowest BCUT2D eigenvalue weighted by Crippen LogP contribution is -2.00. The number of benzene rings is 2. The predicted molar refractivity (Wildman–Crippen MR) is 78.4 cm³/mol. The maximum atomic E-state index is 10.8. The van der Waals surface area contributed by atoms with Gasteiger partial charge in [-0.2, -0.15) is 0 Å². The van der Waals surface area contributed by atoms with Gasteiger partial charge in [-0.15, -0.1) is 0 Å². The smallest absolute Gasteiger partial charge is 0.275 e. The Bertz CT molecular complexity index is 632. The van der Waals surface area contributed by atoms with Crippen molar-refractivity contribution in [3.05, 3.63) is 63.2 Å². The van der Waals surface area contributed by atoms with Gasteiger partial charge < -0.3 is 10.1 Å². The van der Waals surface area contributed by atoms with E-state index in [1.165, 1.54) is 19.2 Å². The molecule has 0 aliphatic rings. The zero-order valence-corrected chi connectivity index (χ0v) is 11.6. The van der Waals surface area contributed by atoms with Gasteiger partial charge in [-0.25, -0.2) is 0 Å². The molecule has 2 rings (SSSR count). The van der Waals surface area contributed by atoms with Gasteiger partial charge in [0.05, 0.1) is 18.1 Å². The number of hydrogen-bond donors (Lipinski definition) is 1. The first-order valence-corrected chi connectivity index (χ1v) is 6.28. The topological polar surface area (TPSA) is 64.4 Å². The van der Waals surface area contributed by atoms with Crippen molar-refractivity contribution in [1.29, 1.82) is 0 Å². The lowest BCUT2D eigenvalue weighted by Gasteiger charge is -2.08. The standard InChI is InChI=1S/C14H13ClN2O3/c1-20-14-7-12(6-13(8-14)17(18)19)16-9-10-3-2-4-11(15)5-10/h2-8,16H,9H2,1H3. The molecule has 0 atom stereocenters. The third-order valence-corrected chi connectivity index (χ3v) is 2.96. The fourth-order valence-corrected chi connectivity index (χ4v) is 1.97. The van der Waals surface area contributed by atoms with Gasteiger partial charge in [-0.3, -0.25) is 10.1 Å². The van der Waals surface area contributed by atoms with Crippen molar-refractivity contribution in [3.8, 4) is 5.75 Å². The lowest BCUT2D eigenvalue weighted by atomic mass is 10.2. The van der Waals surface area contributed by atoms with Crippen molar-refractivity contribution < 1.29 is 9.66 Å². The van der Waals surface area contributed by atoms with E-state index in [4.69, 9.17) is 16.3 Å². The van der Waals surface area contributed by atoms with Crippen molar-refractivity contribution in [3.63, 3.8) is 0 Å². The van der Waals surface area contributed by atoms with E-state index in [2.05, 4.69) is 5.32 Å². The molecule has 0 radical (unpaired) electrons. The maximum absolute atomic E-state index is 10.8. The SMILES string of the molecule is COc1cc(NCc2cccc(Cl)c2)cc([N+](=O)[O-])c1. The summed E-state index contributed by atoms with van der Waals surface area (Å²) in [7, 11) is 1.47. The van der Waals surface area contributed by atoms with Crippen molar-refractivity contribution in [2.75, 3.05) is 12.4 Å². The van der Waals surface area contributed by atoms with Crippen LogP contribution in [-0.4, -0.2) is 12.0 Å². The zero-order chi connectivity index (χ0) is 14.5. The van der Waals surface area contributed by atoms with Crippen LogP contribution in [0.5, 0.6) is 5.75 Å². The van der Waals surface area contributed by atoms with Crippen LogP contribution >= 0.6 is 11.6 Å². The van der Waals surface area contributed by atoms with Gasteiger partial charge in [0.25, 0.3) is 5.69 Å². The van der Waals surface area contributed by atoms with Crippen LogP contribution < -0.4 is 10.1 Å². The molecule has 0 saturated carbocycles. The summed E-state index contributed by atoms with van der Waals surface area (Å²) >= 11 is 5.90. The highest BCUT2D eigenvalue weighted by molar-refractivity contribution is 6.30. The van der Waals surface area contributed by atoms with E-state index >= 15 is 0 Å². The number of nitrogens with zero attached hydrogens (tertiary/aromatic N) is 1. The monoisotopic (exact) mass is 292 g/mol. The third kappa shape index (κ3) is 3.61. The minimum Gasteiger partial charge on any atom is -0.496 e. The van der Waals surface area contributed by atoms with E-state index in [-0.39, 0.29) is 5.69 Å². The Labute approximate surface area is 121 Å². The Hall–Kier alpha value is -2.27. The third-order valence-electron chi connectivity index (χ3n) is 2.72. The summed E-state index contributed by atoms with van der Waals surface area (Å²) < 4.78 is 5.05. The van der Waals surface area contributed by atoms with Crippen molar-refractivity contribution >= 4 is 23.0 Å². The molecular formula is C14H13ClN2O3. The Morgan fingerprint density at radius 2 is 2.10 bits per heavy atom. The molecule has 0 aliphatic carbocycles. The van der Waals surface area contributed by atoms with Gasteiger partial charge in [0.2, 0.25) is 0 Å². The molecule has 0 aliphatic heterocycles. The summed E-state index contributed by atoms with van der Waals surface area (Å²) in [6.45, 7) is 0.519. The fraction of sp³-hybridized carbons (Fsp3) is 0.143. The van der Waals surface area contributed by atoms with Crippen LogP contribution in [0.15, 0.2) is 42.5 Å². The van der Waals surface area contributed by atoms with Crippen LogP contribution in [0.3, 0.4) is 0 Å². The minimum atomic E-state index is -0.451. The first kappa shape index (κ1) is 14.1. The molecule has 20 heavy (non-hydrogen) atoms. The van der Waals surface area contributed by atoms with E-state index in [1.54, 1.807) is 12.1 Å². The summed E-state index contributed by atoms with van der Waals surface area (Å²) in [4.78, 5) is 10.4. The van der Waals surface area contributed by atoms with Gasteiger partial charge >= 0.3 is 0 Å². The van der Waals surface area contributed by atoms with Crippen LogP contribution in [0.25, 0.3) is 0 Å². The summed E-state index contributed by atoms with van der Waals surface area (Å²) in [6.07, 6.45) is 0. The minimum absolute atomic E-state index is 0.0158. The quantitative estimate of drug-likeness (QED) is 0.671. The van der Waals surface area contributed by atoms with Crippen LogP contribution in [-0.2, 0) is 6.54 Å². The average Bonchev–Trinajstić information content (AvgIpc) is 2.45. The largest absolute Gasteiger partial charge is 0.496 e. The van der Waals surface area contributed by atoms with Crippen LogP contribution in [0, 0.1) is 10.1 Å². The van der Waals surface area contributed by atoms with Crippen molar-refractivity contribution in [2.45, 2.75) is 6.54 Å². The Morgan fingerprint density at radius 3 is 2.75 bits per heavy atom. The molecule has 0 amide bonds. The molecule has 0 fully saturated rings. The summed E-state index contributed by atoms with van der Waals surface area (Å²) in [5, 5.41) is 14.6. The Morgan fingerprint density at radius 1 is 1.30 bits per heavy atom. The van der Waals surface area contributed by atoms with Crippen LogP contribution in [0.1, 0.15) is 5.56 Å². The zero-order valence-electron chi connectivity index (χ0n) is 10.8. The number of hydrogen-bond acceptors (Lipinski definition) is 4. The van der Waals surface area contributed by atoms with E-state index in [1.807, 2.05) is 18.2 Å². The molecule has 0 unspecified atom stereocenters. The lowest BCUT2D eigenvalue weighted by molar-refractivity contribution is -0.384. The summed E-state index contributed by atoms with van der Waals surface area (Å²) in [6, 6.07) is 12.0. The average molecular weight is 293 g/mol. The number of nitrogens with one attached hydrogen (secondary N) is 1. The summed E-state index contributed by atoms with van der Waals surface area (Å²) in [5.41, 5.74) is 1.59. The van der Waals surface area contributed by atoms with E-state index < -0.39 is 4.92 Å². The molecule has 0 aromatic heterocycles. The number of ether oxygens (including phenoxy) is 1. The number of nitro groups is 1. The normalized spacial score (nSPS) is 10.1. The first-order valence-electron chi connectivity index (χ1n) is 5.90. The second-order valence-electron chi connectivity index (χ2n) is 4.16. The van der Waals surface area contributed by atoms with Crippen LogP contribution in [0.2, 0.25) is 5.02 Å². The molecule has 1 N–H and O–H groups in total. The molecule has 0 heterocycles. The molecule has 104 valence electrons. The van der Waals surface area contributed by atoms with E-state index in [0.717, 1.165) is 5.56 Å². The van der Waals surface area contributed by atoms with Gasteiger partial charge in [0, 0.05) is 29.4 Å².